The number of thiazole rings is 1. The number of likely N-dealkylation sites (tertiary alicyclic amines) is 1. The second-order valence-electron chi connectivity index (χ2n) is 6.91. The predicted molar refractivity (Wildman–Crippen MR) is 107 cm³/mol. The van der Waals surface area contributed by atoms with Gasteiger partial charge in [-0.05, 0) is 25.1 Å². The smallest absolute Gasteiger partial charge is 0.266 e. The molecule has 0 radical (unpaired) electrons. The van der Waals surface area contributed by atoms with E-state index < -0.39 is 0 Å². The molecule has 1 saturated heterocycles. The number of nitrogens with zero attached hydrogens (tertiary/aromatic N) is 6. The minimum absolute atomic E-state index is 0.00791. The molecule has 0 spiro atoms. The van der Waals surface area contributed by atoms with Gasteiger partial charge >= 0.3 is 0 Å². The Bertz CT molecular complexity index is 951. The number of amides is 1. The van der Waals surface area contributed by atoms with E-state index in [1.165, 1.54) is 11.3 Å². The molecular weight excluding hydrogens is 376 g/mol. The first-order chi connectivity index (χ1) is 13.5. The summed E-state index contributed by atoms with van der Waals surface area (Å²) >= 11 is 1.41. The number of rotatable bonds is 5. The Balaban J connectivity index is 1.40. The Kier molecular flexibility index (Phi) is 4.99. The summed E-state index contributed by atoms with van der Waals surface area (Å²) in [5, 5.41) is 9.03. The van der Waals surface area contributed by atoms with Crippen LogP contribution < -0.4 is 9.64 Å². The lowest BCUT2D eigenvalue weighted by Gasteiger charge is -2.16. The molecule has 1 aliphatic rings. The molecule has 4 rings (SSSR count). The van der Waals surface area contributed by atoms with Crippen molar-refractivity contribution in [2.24, 2.45) is 0 Å². The second kappa shape index (κ2) is 7.59. The molecule has 8 nitrogen and oxygen atoms in total. The molecule has 9 heteroatoms. The molecule has 3 aromatic heterocycles. The summed E-state index contributed by atoms with van der Waals surface area (Å²) in [7, 11) is 3.82. The second-order valence-corrected chi connectivity index (χ2v) is 7.88. The van der Waals surface area contributed by atoms with Gasteiger partial charge in [0.1, 0.15) is 11.0 Å². The summed E-state index contributed by atoms with van der Waals surface area (Å²) in [4.78, 5) is 21.9. The van der Waals surface area contributed by atoms with Crippen LogP contribution in [0.2, 0.25) is 0 Å². The molecule has 1 atom stereocenters. The SMILES string of the molecule is Cc1nc(-n2cccc2)sc1C(=O)N1CCC(Oc2ccc(N(C)C)nn2)C1. The van der Waals surface area contributed by atoms with Crippen LogP contribution in [0.25, 0.3) is 5.13 Å². The largest absolute Gasteiger partial charge is 0.471 e. The van der Waals surface area contributed by atoms with Gasteiger partial charge in [-0.25, -0.2) is 4.98 Å². The zero-order chi connectivity index (χ0) is 19.7. The summed E-state index contributed by atoms with van der Waals surface area (Å²) < 4.78 is 7.84. The Hall–Kier alpha value is -2.94. The lowest BCUT2D eigenvalue weighted by atomic mass is 10.3. The van der Waals surface area contributed by atoms with Crippen LogP contribution in [-0.2, 0) is 0 Å². The average Bonchev–Trinajstić information content (AvgIpc) is 3.42. The number of hydrogen-bond acceptors (Lipinski definition) is 7. The molecule has 3 aromatic rings. The molecule has 0 N–H and O–H groups in total. The van der Waals surface area contributed by atoms with Crippen molar-refractivity contribution in [2.75, 3.05) is 32.1 Å². The van der Waals surface area contributed by atoms with Crippen LogP contribution in [0.4, 0.5) is 5.82 Å². The molecule has 0 bridgehead atoms. The molecule has 1 unspecified atom stereocenters. The van der Waals surface area contributed by atoms with Gasteiger partial charge in [0.05, 0.1) is 12.2 Å². The fourth-order valence-corrected chi connectivity index (χ4v) is 4.09. The van der Waals surface area contributed by atoms with E-state index in [0.717, 1.165) is 23.1 Å². The normalized spacial score (nSPS) is 16.4. The molecule has 1 fully saturated rings. The van der Waals surface area contributed by atoms with E-state index >= 15 is 0 Å². The number of aromatic nitrogens is 4. The predicted octanol–water partition coefficient (Wildman–Crippen LogP) is 2.39. The fraction of sp³-hybridized carbons (Fsp3) is 0.368. The maximum Gasteiger partial charge on any atom is 0.266 e. The fourth-order valence-electron chi connectivity index (χ4n) is 3.09. The molecule has 0 saturated carbocycles. The van der Waals surface area contributed by atoms with Crippen molar-refractivity contribution in [1.29, 1.82) is 0 Å². The van der Waals surface area contributed by atoms with Crippen LogP contribution >= 0.6 is 11.3 Å². The van der Waals surface area contributed by atoms with Crippen LogP contribution in [0, 0.1) is 6.92 Å². The summed E-state index contributed by atoms with van der Waals surface area (Å²) in [5.74, 6) is 1.26. The molecule has 0 aromatic carbocycles. The van der Waals surface area contributed by atoms with Crippen molar-refractivity contribution in [3.05, 3.63) is 47.2 Å². The van der Waals surface area contributed by atoms with Crippen molar-refractivity contribution < 1.29 is 9.53 Å². The van der Waals surface area contributed by atoms with Gasteiger partial charge in [-0.3, -0.25) is 4.79 Å². The first-order valence-corrected chi connectivity index (χ1v) is 9.90. The van der Waals surface area contributed by atoms with Gasteiger partial charge in [0, 0.05) is 45.5 Å². The number of aryl methyl sites for hydroxylation is 1. The average molecular weight is 398 g/mol. The summed E-state index contributed by atoms with van der Waals surface area (Å²) in [6.07, 6.45) is 4.54. The number of anilines is 1. The Morgan fingerprint density at radius 3 is 2.71 bits per heavy atom. The summed E-state index contributed by atoms with van der Waals surface area (Å²) in [6, 6.07) is 7.55. The standard InChI is InChI=1S/C19H22N6O2S/c1-13-17(28-19(20-13)24-9-4-5-10-24)18(26)25-11-8-14(12-25)27-16-7-6-15(21-22-16)23(2)3/h4-7,9-10,14H,8,11-12H2,1-3H3. The highest BCUT2D eigenvalue weighted by Crippen LogP contribution is 2.26. The van der Waals surface area contributed by atoms with Gasteiger partial charge in [0.15, 0.2) is 10.9 Å². The van der Waals surface area contributed by atoms with E-state index in [1.807, 2.05) is 72.0 Å². The number of ether oxygens (including phenoxy) is 1. The quantitative estimate of drug-likeness (QED) is 0.657. The van der Waals surface area contributed by atoms with Crippen LogP contribution in [0.1, 0.15) is 21.8 Å². The summed E-state index contributed by atoms with van der Waals surface area (Å²) in [5.41, 5.74) is 0.758. The van der Waals surface area contributed by atoms with Crippen molar-refractivity contribution in [2.45, 2.75) is 19.4 Å². The lowest BCUT2D eigenvalue weighted by molar-refractivity contribution is 0.0774. The zero-order valence-corrected chi connectivity index (χ0v) is 16.9. The van der Waals surface area contributed by atoms with Crippen molar-refractivity contribution >= 4 is 23.1 Å². The molecule has 146 valence electrons. The molecule has 28 heavy (non-hydrogen) atoms. The van der Waals surface area contributed by atoms with Gasteiger partial charge in [-0.2, -0.15) is 0 Å². The highest BCUT2D eigenvalue weighted by atomic mass is 32.1. The molecule has 1 amide bonds. The van der Waals surface area contributed by atoms with Gasteiger partial charge in [0.2, 0.25) is 5.88 Å². The summed E-state index contributed by atoms with van der Waals surface area (Å²) in [6.45, 7) is 3.07. The van der Waals surface area contributed by atoms with Gasteiger partial charge < -0.3 is 19.1 Å². The minimum Gasteiger partial charge on any atom is -0.471 e. The van der Waals surface area contributed by atoms with Crippen LogP contribution in [0.15, 0.2) is 36.7 Å². The monoisotopic (exact) mass is 398 g/mol. The number of carbonyl (C=O) groups is 1. The first kappa shape index (κ1) is 18.4. The van der Waals surface area contributed by atoms with E-state index in [4.69, 9.17) is 4.74 Å². The maximum atomic E-state index is 13.0. The third kappa shape index (κ3) is 3.70. The maximum absolute atomic E-state index is 13.0. The Morgan fingerprint density at radius 2 is 2.04 bits per heavy atom. The van der Waals surface area contributed by atoms with Crippen LogP contribution in [-0.4, -0.2) is 63.8 Å². The van der Waals surface area contributed by atoms with Gasteiger partial charge in [0.25, 0.3) is 5.91 Å². The van der Waals surface area contributed by atoms with Crippen molar-refractivity contribution in [1.82, 2.24) is 24.6 Å². The third-order valence-electron chi connectivity index (χ3n) is 4.61. The zero-order valence-electron chi connectivity index (χ0n) is 16.1. The molecule has 0 aliphatic carbocycles. The van der Waals surface area contributed by atoms with E-state index in [9.17, 15) is 4.79 Å². The highest BCUT2D eigenvalue weighted by Gasteiger charge is 2.30. The van der Waals surface area contributed by atoms with Gasteiger partial charge in [-0.1, -0.05) is 11.3 Å². The first-order valence-electron chi connectivity index (χ1n) is 9.09. The Morgan fingerprint density at radius 1 is 1.25 bits per heavy atom. The Labute approximate surface area is 167 Å². The van der Waals surface area contributed by atoms with E-state index in [2.05, 4.69) is 15.2 Å². The molecule has 1 aliphatic heterocycles. The van der Waals surface area contributed by atoms with Crippen molar-refractivity contribution in [3.63, 3.8) is 0 Å². The van der Waals surface area contributed by atoms with E-state index in [0.29, 0.717) is 23.8 Å². The van der Waals surface area contributed by atoms with Crippen LogP contribution in [0.3, 0.4) is 0 Å². The molecular formula is C19H22N6O2S. The lowest BCUT2D eigenvalue weighted by Crippen LogP contribution is -2.31. The van der Waals surface area contributed by atoms with Gasteiger partial charge in [-0.15, -0.1) is 10.2 Å². The number of hydrogen-bond donors (Lipinski definition) is 0. The third-order valence-corrected chi connectivity index (χ3v) is 5.77. The molecule has 4 heterocycles. The van der Waals surface area contributed by atoms with E-state index in [1.54, 1.807) is 0 Å². The van der Waals surface area contributed by atoms with Crippen LogP contribution in [0.5, 0.6) is 5.88 Å². The van der Waals surface area contributed by atoms with Crippen molar-refractivity contribution in [3.8, 4) is 11.0 Å². The number of carbonyl (C=O) groups excluding carboxylic acids is 1. The minimum atomic E-state index is -0.0828. The van der Waals surface area contributed by atoms with E-state index in [-0.39, 0.29) is 12.0 Å². The topological polar surface area (TPSA) is 76.4 Å². The highest BCUT2D eigenvalue weighted by molar-refractivity contribution is 7.16.